The first-order chi connectivity index (χ1) is 10.2. The van der Waals surface area contributed by atoms with E-state index in [4.69, 9.17) is 16.3 Å². The first kappa shape index (κ1) is 16.3. The number of alkyl halides is 3. The molecular formula is C15H11ClF3NO2. The summed E-state index contributed by atoms with van der Waals surface area (Å²) in [7, 11) is 0. The number of pyridine rings is 1. The van der Waals surface area contributed by atoms with Crippen molar-refractivity contribution >= 4 is 17.4 Å². The molecule has 0 amide bonds. The lowest BCUT2D eigenvalue weighted by Gasteiger charge is -2.12. The molecule has 0 fully saturated rings. The van der Waals surface area contributed by atoms with Crippen molar-refractivity contribution in [3.05, 3.63) is 52.2 Å². The summed E-state index contributed by atoms with van der Waals surface area (Å²) in [6.07, 6.45) is -3.87. The molecule has 1 heterocycles. The number of Topliss-reactive ketones (excluding diaryl/α,β-unsaturated/α-hetero) is 1. The topological polar surface area (TPSA) is 39.2 Å². The van der Waals surface area contributed by atoms with E-state index in [1.54, 1.807) is 25.1 Å². The number of hydrogen-bond donors (Lipinski definition) is 0. The number of ether oxygens (including phenoxy) is 1. The molecule has 0 radical (unpaired) electrons. The molecule has 2 aromatic rings. The molecule has 3 nitrogen and oxygen atoms in total. The summed E-state index contributed by atoms with van der Waals surface area (Å²) in [5.74, 6) is 0.132. The van der Waals surface area contributed by atoms with Crippen molar-refractivity contribution in [2.75, 3.05) is 0 Å². The highest BCUT2D eigenvalue weighted by Crippen LogP contribution is 2.35. The summed E-state index contributed by atoms with van der Waals surface area (Å²) in [5, 5.41) is -0.245. The molecule has 0 unspecified atom stereocenters. The van der Waals surface area contributed by atoms with Gasteiger partial charge in [-0.3, -0.25) is 4.79 Å². The monoisotopic (exact) mass is 329 g/mol. The summed E-state index contributed by atoms with van der Waals surface area (Å²) in [4.78, 5) is 14.9. The molecule has 0 saturated heterocycles. The van der Waals surface area contributed by atoms with Crippen LogP contribution in [0.1, 0.15) is 28.4 Å². The smallest absolute Gasteiger partial charge is 0.417 e. The standard InChI is InChI=1S/C15H11ClF3NO2/c1-8-5-10(9(2)21)3-4-13(8)22-14-12(16)6-11(7-20-14)15(17,18)19/h3-7H,1-2H3. The molecule has 0 N–H and O–H groups in total. The molecule has 0 spiro atoms. The van der Waals surface area contributed by atoms with Gasteiger partial charge in [0.05, 0.1) is 5.56 Å². The zero-order valence-electron chi connectivity index (χ0n) is 11.7. The number of aromatic nitrogens is 1. The zero-order valence-corrected chi connectivity index (χ0v) is 12.4. The number of nitrogens with zero attached hydrogens (tertiary/aromatic N) is 1. The predicted molar refractivity (Wildman–Crippen MR) is 75.5 cm³/mol. The van der Waals surface area contributed by atoms with E-state index in [9.17, 15) is 18.0 Å². The van der Waals surface area contributed by atoms with Crippen molar-refractivity contribution in [2.45, 2.75) is 20.0 Å². The fourth-order valence-electron chi connectivity index (χ4n) is 1.74. The van der Waals surface area contributed by atoms with Crippen LogP contribution >= 0.6 is 11.6 Å². The second kappa shape index (κ2) is 5.96. The Hall–Kier alpha value is -2.08. The van der Waals surface area contributed by atoms with Crippen LogP contribution in [0.2, 0.25) is 5.02 Å². The van der Waals surface area contributed by atoms with Crippen LogP contribution in [0.15, 0.2) is 30.5 Å². The second-order valence-electron chi connectivity index (χ2n) is 4.65. The van der Waals surface area contributed by atoms with Crippen LogP contribution in [0, 0.1) is 6.92 Å². The third-order valence-electron chi connectivity index (χ3n) is 2.92. The molecule has 0 atom stereocenters. The first-order valence-corrected chi connectivity index (χ1v) is 6.58. The highest BCUT2D eigenvalue weighted by molar-refractivity contribution is 6.31. The van der Waals surface area contributed by atoms with Gasteiger partial charge in [-0.2, -0.15) is 13.2 Å². The van der Waals surface area contributed by atoms with Crippen LogP contribution in [0.5, 0.6) is 11.6 Å². The van der Waals surface area contributed by atoms with E-state index in [0.717, 1.165) is 6.07 Å². The van der Waals surface area contributed by atoms with Gasteiger partial charge in [-0.15, -0.1) is 0 Å². The number of hydrogen-bond acceptors (Lipinski definition) is 3. The Labute approximate surface area is 129 Å². The summed E-state index contributed by atoms with van der Waals surface area (Å²) < 4.78 is 43.0. The lowest BCUT2D eigenvalue weighted by atomic mass is 10.1. The summed E-state index contributed by atoms with van der Waals surface area (Å²) in [6.45, 7) is 3.14. The highest BCUT2D eigenvalue weighted by atomic mass is 35.5. The number of aryl methyl sites for hydroxylation is 1. The molecule has 1 aromatic heterocycles. The Kier molecular flexibility index (Phi) is 4.42. The first-order valence-electron chi connectivity index (χ1n) is 6.20. The molecule has 116 valence electrons. The molecular weight excluding hydrogens is 319 g/mol. The number of carbonyl (C=O) groups is 1. The summed E-state index contributed by atoms with van der Waals surface area (Å²) >= 11 is 5.78. The molecule has 0 aliphatic rings. The summed E-state index contributed by atoms with van der Waals surface area (Å²) in [6, 6.07) is 5.48. The average Bonchev–Trinajstić information content (AvgIpc) is 2.41. The molecule has 2 rings (SSSR count). The minimum Gasteiger partial charge on any atom is -0.437 e. The van der Waals surface area contributed by atoms with E-state index in [2.05, 4.69) is 4.98 Å². The van der Waals surface area contributed by atoms with Gasteiger partial charge in [-0.25, -0.2) is 4.98 Å². The maximum atomic E-state index is 12.5. The van der Waals surface area contributed by atoms with E-state index >= 15 is 0 Å². The van der Waals surface area contributed by atoms with Crippen molar-refractivity contribution in [3.8, 4) is 11.6 Å². The number of rotatable bonds is 3. The Bertz CT molecular complexity index is 729. The lowest BCUT2D eigenvalue weighted by Crippen LogP contribution is -2.06. The summed E-state index contributed by atoms with van der Waals surface area (Å²) in [5.41, 5.74) is 0.204. The number of carbonyl (C=O) groups excluding carboxylic acids is 1. The molecule has 7 heteroatoms. The second-order valence-corrected chi connectivity index (χ2v) is 5.05. The fraction of sp³-hybridized carbons (Fsp3) is 0.200. The third-order valence-corrected chi connectivity index (χ3v) is 3.19. The maximum absolute atomic E-state index is 12.5. The Morgan fingerprint density at radius 1 is 1.27 bits per heavy atom. The lowest BCUT2D eigenvalue weighted by molar-refractivity contribution is -0.137. The largest absolute Gasteiger partial charge is 0.437 e. The van der Waals surface area contributed by atoms with E-state index in [1.807, 2.05) is 0 Å². The van der Waals surface area contributed by atoms with E-state index in [-0.39, 0.29) is 16.7 Å². The number of halogens is 4. The van der Waals surface area contributed by atoms with Crippen LogP contribution in [0.3, 0.4) is 0 Å². The van der Waals surface area contributed by atoms with Gasteiger partial charge in [0.2, 0.25) is 5.88 Å². The Morgan fingerprint density at radius 2 is 1.95 bits per heavy atom. The molecule has 0 aliphatic heterocycles. The van der Waals surface area contributed by atoms with Gasteiger partial charge in [0.25, 0.3) is 0 Å². The Balaban J connectivity index is 2.30. The van der Waals surface area contributed by atoms with Gasteiger partial charge >= 0.3 is 6.18 Å². The van der Waals surface area contributed by atoms with E-state index < -0.39 is 11.7 Å². The van der Waals surface area contributed by atoms with Crippen molar-refractivity contribution in [1.29, 1.82) is 0 Å². The van der Waals surface area contributed by atoms with Crippen LogP contribution in [-0.2, 0) is 6.18 Å². The minimum atomic E-state index is -4.52. The van der Waals surface area contributed by atoms with Crippen LogP contribution < -0.4 is 4.74 Å². The van der Waals surface area contributed by atoms with Gasteiger partial charge in [-0.05, 0) is 43.7 Å². The van der Waals surface area contributed by atoms with Crippen molar-refractivity contribution < 1.29 is 22.7 Å². The minimum absolute atomic E-state index is 0.0969. The van der Waals surface area contributed by atoms with Gasteiger partial charge in [0.15, 0.2) is 5.78 Å². The van der Waals surface area contributed by atoms with Gasteiger partial charge < -0.3 is 4.74 Å². The van der Waals surface area contributed by atoms with Crippen LogP contribution in [0.4, 0.5) is 13.2 Å². The van der Waals surface area contributed by atoms with Crippen molar-refractivity contribution in [2.24, 2.45) is 0 Å². The van der Waals surface area contributed by atoms with Crippen LogP contribution in [0.25, 0.3) is 0 Å². The fourth-order valence-corrected chi connectivity index (χ4v) is 1.95. The predicted octanol–water partition coefficient (Wildman–Crippen LogP) is 5.06. The SMILES string of the molecule is CC(=O)c1ccc(Oc2ncc(C(F)(F)F)cc2Cl)c(C)c1. The van der Waals surface area contributed by atoms with Crippen molar-refractivity contribution in [1.82, 2.24) is 4.98 Å². The van der Waals surface area contributed by atoms with Gasteiger partial charge in [0, 0.05) is 11.8 Å². The quantitative estimate of drug-likeness (QED) is 0.739. The zero-order chi connectivity index (χ0) is 16.5. The Morgan fingerprint density at radius 3 is 2.45 bits per heavy atom. The molecule has 0 saturated carbocycles. The molecule has 22 heavy (non-hydrogen) atoms. The number of ketones is 1. The highest BCUT2D eigenvalue weighted by Gasteiger charge is 2.31. The molecule has 0 bridgehead atoms. The van der Waals surface area contributed by atoms with Gasteiger partial charge in [-0.1, -0.05) is 11.6 Å². The number of benzene rings is 1. The third kappa shape index (κ3) is 3.57. The average molecular weight is 330 g/mol. The van der Waals surface area contributed by atoms with E-state index in [0.29, 0.717) is 23.1 Å². The van der Waals surface area contributed by atoms with E-state index in [1.165, 1.54) is 6.92 Å². The van der Waals surface area contributed by atoms with Crippen molar-refractivity contribution in [3.63, 3.8) is 0 Å². The molecule has 0 aliphatic carbocycles. The normalized spacial score (nSPS) is 11.4. The molecule has 1 aromatic carbocycles. The van der Waals surface area contributed by atoms with Crippen LogP contribution in [-0.4, -0.2) is 10.8 Å². The van der Waals surface area contributed by atoms with Gasteiger partial charge in [0.1, 0.15) is 10.8 Å². The maximum Gasteiger partial charge on any atom is 0.417 e.